The van der Waals surface area contributed by atoms with E-state index < -0.39 is 0 Å². The highest BCUT2D eigenvalue weighted by Crippen LogP contribution is 2.48. The molecule has 0 radical (unpaired) electrons. The maximum Gasteiger partial charge on any atom is 0.238 e. The number of rotatable bonds is 4. The predicted octanol–water partition coefficient (Wildman–Crippen LogP) is 11.9. The minimum atomic E-state index is 0.589. The first kappa shape index (κ1) is 28.0. The van der Waals surface area contributed by atoms with Crippen LogP contribution in [0.15, 0.2) is 170 Å². The van der Waals surface area contributed by atoms with Crippen molar-refractivity contribution in [3.05, 3.63) is 170 Å². The Bertz CT molecular complexity index is 3020. The van der Waals surface area contributed by atoms with Gasteiger partial charge in [-0.1, -0.05) is 146 Å². The van der Waals surface area contributed by atoms with Crippen LogP contribution in [-0.2, 0) is 0 Å². The molecule has 51 heavy (non-hydrogen) atoms. The average Bonchev–Trinajstić information content (AvgIpc) is 3.70. The van der Waals surface area contributed by atoms with Crippen LogP contribution >= 0.6 is 0 Å². The Kier molecular flexibility index (Phi) is 5.92. The molecule has 0 amide bonds. The van der Waals surface area contributed by atoms with E-state index in [1.807, 2.05) is 18.2 Å². The molecule has 1 aliphatic rings. The van der Waals surface area contributed by atoms with Gasteiger partial charge in [-0.25, -0.2) is 4.98 Å². The molecule has 0 unspecified atom stereocenters. The highest BCUT2D eigenvalue weighted by Gasteiger charge is 2.23. The van der Waals surface area contributed by atoms with Gasteiger partial charge in [-0.15, -0.1) is 0 Å². The lowest BCUT2D eigenvalue weighted by Gasteiger charge is -2.14. The van der Waals surface area contributed by atoms with Gasteiger partial charge in [0.1, 0.15) is 0 Å². The van der Waals surface area contributed by atoms with Crippen LogP contribution in [0, 0.1) is 0 Å². The molecule has 10 aromatic rings. The van der Waals surface area contributed by atoms with Crippen LogP contribution < -0.4 is 0 Å². The summed E-state index contributed by atoms with van der Waals surface area (Å²) in [6.45, 7) is 0. The maximum atomic E-state index is 5.32. The Hall–Kier alpha value is -6.91. The predicted molar refractivity (Wildman–Crippen MR) is 210 cm³/mol. The van der Waals surface area contributed by atoms with Crippen molar-refractivity contribution in [2.24, 2.45) is 0 Å². The summed E-state index contributed by atoms with van der Waals surface area (Å²) in [6.07, 6.45) is 0. The molecule has 0 bridgehead atoms. The Morgan fingerprint density at radius 1 is 0.333 bits per heavy atom. The zero-order chi connectivity index (χ0) is 33.5. The summed E-state index contributed by atoms with van der Waals surface area (Å²) in [5.74, 6) is 1.85. The summed E-state index contributed by atoms with van der Waals surface area (Å²) in [6, 6.07) is 60.3. The van der Waals surface area contributed by atoms with Gasteiger partial charge in [0.2, 0.25) is 5.95 Å². The third kappa shape index (κ3) is 4.23. The van der Waals surface area contributed by atoms with E-state index in [2.05, 4.69) is 156 Å². The highest BCUT2D eigenvalue weighted by molar-refractivity contribution is 6.16. The van der Waals surface area contributed by atoms with Crippen molar-refractivity contribution < 1.29 is 0 Å². The lowest BCUT2D eigenvalue weighted by Crippen LogP contribution is -2.06. The zero-order valence-corrected chi connectivity index (χ0v) is 27.5. The second-order valence-corrected chi connectivity index (χ2v) is 13.2. The molecule has 11 rings (SSSR count). The van der Waals surface area contributed by atoms with Crippen molar-refractivity contribution in [2.75, 3.05) is 0 Å². The monoisotopic (exact) mass is 648 g/mol. The first-order valence-corrected chi connectivity index (χ1v) is 17.3. The van der Waals surface area contributed by atoms with E-state index in [1.165, 1.54) is 49.2 Å². The summed E-state index contributed by atoms with van der Waals surface area (Å²) < 4.78 is 2.20. The third-order valence-corrected chi connectivity index (χ3v) is 10.4. The smallest absolute Gasteiger partial charge is 0.238 e. The molecular weight excluding hydrogens is 621 g/mol. The quantitative estimate of drug-likeness (QED) is 0.191. The highest BCUT2D eigenvalue weighted by atomic mass is 15.2. The van der Waals surface area contributed by atoms with E-state index in [0.717, 1.165) is 38.7 Å². The van der Waals surface area contributed by atoms with E-state index in [0.29, 0.717) is 17.6 Å². The molecule has 0 fully saturated rings. The molecule has 0 atom stereocenters. The van der Waals surface area contributed by atoms with Crippen molar-refractivity contribution >= 4 is 43.4 Å². The van der Waals surface area contributed by atoms with Crippen LogP contribution in [-0.4, -0.2) is 19.5 Å². The standard InChI is InChI=1S/C47H28N4/c1-2-12-30(13-3-1)45-48-46(50-47(49-45)51-42-23-9-8-19-36(42)41-26-31-14-4-5-15-32(31)28-43(41)51)39-20-7-6-18-34(39)33-24-25-35-37-21-10-16-29-17-11-22-38(44(29)37)40(35)27-33/h1-28H. The second kappa shape index (κ2) is 10.8. The van der Waals surface area contributed by atoms with Gasteiger partial charge >= 0.3 is 0 Å². The number of hydrogen-bond acceptors (Lipinski definition) is 3. The van der Waals surface area contributed by atoms with Gasteiger partial charge in [0.05, 0.1) is 11.0 Å². The van der Waals surface area contributed by atoms with Crippen LogP contribution in [0.1, 0.15) is 0 Å². The van der Waals surface area contributed by atoms with E-state index in [4.69, 9.17) is 15.0 Å². The normalized spacial score (nSPS) is 11.9. The van der Waals surface area contributed by atoms with Crippen molar-refractivity contribution in [3.63, 3.8) is 0 Å². The molecule has 2 heterocycles. The molecule has 2 aromatic heterocycles. The molecular formula is C47H28N4. The summed E-state index contributed by atoms with van der Waals surface area (Å²) in [4.78, 5) is 15.7. The molecule has 0 saturated heterocycles. The van der Waals surface area contributed by atoms with Gasteiger partial charge < -0.3 is 0 Å². The molecule has 0 saturated carbocycles. The molecule has 0 N–H and O–H groups in total. The van der Waals surface area contributed by atoms with Gasteiger partial charge in [0.15, 0.2) is 11.6 Å². The van der Waals surface area contributed by atoms with E-state index >= 15 is 0 Å². The van der Waals surface area contributed by atoms with Gasteiger partial charge in [0.25, 0.3) is 0 Å². The Morgan fingerprint density at radius 3 is 1.82 bits per heavy atom. The van der Waals surface area contributed by atoms with E-state index in [9.17, 15) is 0 Å². The number of nitrogens with zero attached hydrogens (tertiary/aromatic N) is 4. The molecule has 8 aromatic carbocycles. The van der Waals surface area contributed by atoms with Gasteiger partial charge in [-0.3, -0.25) is 4.57 Å². The van der Waals surface area contributed by atoms with Crippen molar-refractivity contribution in [3.8, 4) is 62.1 Å². The van der Waals surface area contributed by atoms with E-state index in [-0.39, 0.29) is 0 Å². The summed E-state index contributed by atoms with van der Waals surface area (Å²) in [5.41, 5.74) is 11.3. The number of hydrogen-bond donors (Lipinski definition) is 0. The SMILES string of the molecule is c1ccc(-c2nc(-c3ccccc3-c3ccc4c(c3)-c3cccc5cccc-4c35)nc(-n3c4ccccc4c4cc5ccccc5cc43)n2)cc1. The van der Waals surface area contributed by atoms with Gasteiger partial charge in [-0.2, -0.15) is 9.97 Å². The first-order chi connectivity index (χ1) is 25.3. The molecule has 1 aliphatic carbocycles. The van der Waals surface area contributed by atoms with Crippen LogP contribution in [0.4, 0.5) is 0 Å². The molecule has 0 spiro atoms. The third-order valence-electron chi connectivity index (χ3n) is 10.4. The fourth-order valence-corrected chi connectivity index (χ4v) is 8.06. The van der Waals surface area contributed by atoms with E-state index in [1.54, 1.807) is 0 Å². The lowest BCUT2D eigenvalue weighted by atomic mass is 9.94. The second-order valence-electron chi connectivity index (χ2n) is 13.2. The number of benzene rings is 8. The molecule has 236 valence electrons. The molecule has 4 heteroatoms. The fourth-order valence-electron chi connectivity index (χ4n) is 8.06. The molecule has 0 aliphatic heterocycles. The Morgan fingerprint density at radius 2 is 0.980 bits per heavy atom. The topological polar surface area (TPSA) is 43.6 Å². The zero-order valence-electron chi connectivity index (χ0n) is 27.5. The molecule has 4 nitrogen and oxygen atoms in total. The van der Waals surface area contributed by atoms with Gasteiger partial charge in [-0.05, 0) is 79.2 Å². The van der Waals surface area contributed by atoms with Gasteiger partial charge in [0, 0.05) is 21.9 Å². The number of fused-ring (bicyclic) bond motifs is 7. The summed E-state index contributed by atoms with van der Waals surface area (Å²) in [5, 5.41) is 7.31. The average molecular weight is 649 g/mol. The minimum Gasteiger partial charge on any atom is -0.278 e. The largest absolute Gasteiger partial charge is 0.278 e. The Labute approximate surface area is 294 Å². The van der Waals surface area contributed by atoms with Crippen LogP contribution in [0.3, 0.4) is 0 Å². The van der Waals surface area contributed by atoms with Crippen molar-refractivity contribution in [2.45, 2.75) is 0 Å². The van der Waals surface area contributed by atoms with Crippen LogP contribution in [0.25, 0.3) is 105 Å². The Balaban J connectivity index is 1.15. The lowest BCUT2D eigenvalue weighted by molar-refractivity contribution is 0.954. The van der Waals surface area contributed by atoms with Crippen LogP contribution in [0.5, 0.6) is 0 Å². The minimum absolute atomic E-state index is 0.589. The summed E-state index contributed by atoms with van der Waals surface area (Å²) >= 11 is 0. The van der Waals surface area contributed by atoms with Crippen molar-refractivity contribution in [1.82, 2.24) is 19.5 Å². The maximum absolute atomic E-state index is 5.32. The van der Waals surface area contributed by atoms with Crippen molar-refractivity contribution in [1.29, 1.82) is 0 Å². The number of aromatic nitrogens is 4. The first-order valence-electron chi connectivity index (χ1n) is 17.3. The number of para-hydroxylation sites is 1. The fraction of sp³-hybridized carbons (Fsp3) is 0. The van der Waals surface area contributed by atoms with Crippen LogP contribution in [0.2, 0.25) is 0 Å². The summed E-state index contributed by atoms with van der Waals surface area (Å²) in [7, 11) is 0.